The van der Waals surface area contributed by atoms with Crippen LogP contribution in [-0.4, -0.2) is 18.2 Å². The van der Waals surface area contributed by atoms with Gasteiger partial charge in [-0.05, 0) is 41.5 Å². The van der Waals surface area contributed by atoms with Crippen molar-refractivity contribution in [2.75, 3.05) is 12.3 Å². The molecule has 0 unspecified atom stereocenters. The Morgan fingerprint density at radius 1 is 1.04 bits per heavy atom. The highest BCUT2D eigenvalue weighted by atomic mass is 35.5. The smallest absolute Gasteiger partial charge is 0.244 e. The Balaban J connectivity index is 1.66. The minimum absolute atomic E-state index is 0.116. The van der Waals surface area contributed by atoms with Gasteiger partial charge in [-0.15, -0.1) is 0 Å². The molecular formula is C18H16Cl3NOS. The van der Waals surface area contributed by atoms with Gasteiger partial charge in [-0.1, -0.05) is 53.0 Å². The molecule has 0 saturated carbocycles. The van der Waals surface area contributed by atoms with Gasteiger partial charge in [0.05, 0.1) is 0 Å². The van der Waals surface area contributed by atoms with Crippen molar-refractivity contribution in [3.63, 3.8) is 0 Å². The minimum Gasteiger partial charge on any atom is -0.352 e. The number of halogens is 3. The number of hydrogen-bond acceptors (Lipinski definition) is 2. The summed E-state index contributed by atoms with van der Waals surface area (Å²) in [6.45, 7) is 0.597. The Morgan fingerprint density at radius 2 is 1.75 bits per heavy atom. The topological polar surface area (TPSA) is 29.1 Å². The van der Waals surface area contributed by atoms with Crippen LogP contribution in [0.2, 0.25) is 15.1 Å². The molecule has 0 aromatic heterocycles. The van der Waals surface area contributed by atoms with Crippen molar-refractivity contribution in [1.29, 1.82) is 0 Å². The van der Waals surface area contributed by atoms with Crippen molar-refractivity contribution in [2.24, 2.45) is 0 Å². The van der Waals surface area contributed by atoms with Crippen LogP contribution in [0, 0.1) is 0 Å². The third-order valence-electron chi connectivity index (χ3n) is 3.12. The van der Waals surface area contributed by atoms with E-state index in [9.17, 15) is 4.79 Å². The first-order chi connectivity index (χ1) is 11.5. The lowest BCUT2D eigenvalue weighted by Crippen LogP contribution is -2.23. The molecule has 126 valence electrons. The molecule has 6 heteroatoms. The average Bonchev–Trinajstić information content (AvgIpc) is 2.56. The molecule has 24 heavy (non-hydrogen) atoms. The number of carbonyl (C=O) groups excluding carboxylic acids is 1. The molecule has 0 aliphatic carbocycles. The van der Waals surface area contributed by atoms with E-state index in [-0.39, 0.29) is 5.91 Å². The number of benzene rings is 2. The van der Waals surface area contributed by atoms with Gasteiger partial charge in [0, 0.05) is 39.2 Å². The molecule has 0 fully saturated rings. The fourth-order valence-electron chi connectivity index (χ4n) is 1.87. The van der Waals surface area contributed by atoms with Crippen LogP contribution >= 0.6 is 46.6 Å². The number of hydrogen-bond donors (Lipinski definition) is 1. The van der Waals surface area contributed by atoms with Crippen molar-refractivity contribution in [3.05, 3.63) is 74.7 Å². The fraction of sp³-hybridized carbons (Fsp3) is 0.167. The van der Waals surface area contributed by atoms with Crippen LogP contribution in [0.4, 0.5) is 0 Å². The van der Waals surface area contributed by atoms with Gasteiger partial charge in [0.25, 0.3) is 0 Å². The monoisotopic (exact) mass is 399 g/mol. The standard InChI is InChI=1S/C18H16Cl3NOS/c19-15-5-1-13(2-6-15)3-8-18(23)22-9-10-24-12-14-4-7-16(20)11-17(14)21/h1-8,11H,9-10,12H2,(H,22,23)/b8-3+. The number of thioether (sulfide) groups is 1. The Labute approximate surface area is 161 Å². The zero-order valence-electron chi connectivity index (χ0n) is 12.8. The van der Waals surface area contributed by atoms with E-state index in [4.69, 9.17) is 34.8 Å². The molecule has 0 saturated heterocycles. The van der Waals surface area contributed by atoms with Crippen molar-refractivity contribution in [3.8, 4) is 0 Å². The third kappa shape index (κ3) is 6.78. The van der Waals surface area contributed by atoms with E-state index in [0.717, 1.165) is 22.6 Å². The van der Waals surface area contributed by atoms with Crippen LogP contribution < -0.4 is 5.32 Å². The molecule has 0 radical (unpaired) electrons. The van der Waals surface area contributed by atoms with Gasteiger partial charge in [-0.2, -0.15) is 11.8 Å². The second-order valence-corrected chi connectivity index (χ2v) is 7.35. The van der Waals surface area contributed by atoms with Gasteiger partial charge < -0.3 is 5.32 Å². The maximum atomic E-state index is 11.7. The first-order valence-electron chi connectivity index (χ1n) is 7.28. The first kappa shape index (κ1) is 19.2. The maximum absolute atomic E-state index is 11.7. The normalized spacial score (nSPS) is 11.0. The molecule has 2 nitrogen and oxygen atoms in total. The number of nitrogens with one attached hydrogen (secondary N) is 1. The average molecular weight is 401 g/mol. The van der Waals surface area contributed by atoms with Gasteiger partial charge in [-0.25, -0.2) is 0 Å². The van der Waals surface area contributed by atoms with E-state index in [1.807, 2.05) is 24.3 Å². The molecule has 1 N–H and O–H groups in total. The Bertz CT molecular complexity index is 717. The molecule has 2 aromatic carbocycles. The van der Waals surface area contributed by atoms with Crippen molar-refractivity contribution < 1.29 is 4.79 Å². The van der Waals surface area contributed by atoms with Gasteiger partial charge in [0.1, 0.15) is 0 Å². The summed E-state index contributed by atoms with van der Waals surface area (Å²) in [4.78, 5) is 11.7. The van der Waals surface area contributed by atoms with Crippen molar-refractivity contribution >= 4 is 58.5 Å². The highest BCUT2D eigenvalue weighted by Gasteiger charge is 2.02. The second-order valence-electron chi connectivity index (χ2n) is 4.96. The first-order valence-corrected chi connectivity index (χ1v) is 9.56. The van der Waals surface area contributed by atoms with E-state index in [2.05, 4.69) is 5.32 Å². The predicted molar refractivity (Wildman–Crippen MR) is 106 cm³/mol. The van der Waals surface area contributed by atoms with Crippen LogP contribution in [0.25, 0.3) is 6.08 Å². The highest BCUT2D eigenvalue weighted by Crippen LogP contribution is 2.24. The summed E-state index contributed by atoms with van der Waals surface area (Å²) in [5.74, 6) is 1.47. The molecular weight excluding hydrogens is 385 g/mol. The third-order valence-corrected chi connectivity index (χ3v) is 4.96. The Morgan fingerprint density at radius 3 is 2.46 bits per heavy atom. The second kappa shape index (κ2) is 10.00. The molecule has 2 aromatic rings. The molecule has 0 atom stereocenters. The lowest BCUT2D eigenvalue weighted by molar-refractivity contribution is -0.116. The lowest BCUT2D eigenvalue weighted by atomic mass is 10.2. The summed E-state index contributed by atoms with van der Waals surface area (Å²) < 4.78 is 0. The highest BCUT2D eigenvalue weighted by molar-refractivity contribution is 7.98. The molecule has 1 amide bonds. The zero-order valence-corrected chi connectivity index (χ0v) is 15.9. The summed E-state index contributed by atoms with van der Waals surface area (Å²) in [5.41, 5.74) is 1.97. The van der Waals surface area contributed by atoms with E-state index < -0.39 is 0 Å². The van der Waals surface area contributed by atoms with Gasteiger partial charge >= 0.3 is 0 Å². The van der Waals surface area contributed by atoms with Crippen LogP contribution in [0.3, 0.4) is 0 Å². The summed E-state index contributed by atoms with van der Waals surface area (Å²) in [6.07, 6.45) is 3.27. The summed E-state index contributed by atoms with van der Waals surface area (Å²) >= 11 is 19.5. The Kier molecular flexibility index (Phi) is 8.00. The van der Waals surface area contributed by atoms with E-state index >= 15 is 0 Å². The number of carbonyl (C=O) groups is 1. The molecule has 0 spiro atoms. The predicted octanol–water partition coefficient (Wildman–Crippen LogP) is 5.71. The molecule has 0 bridgehead atoms. The number of rotatable bonds is 7. The summed E-state index contributed by atoms with van der Waals surface area (Å²) in [7, 11) is 0. The molecule has 0 aliphatic rings. The minimum atomic E-state index is -0.116. The fourth-order valence-corrected chi connectivity index (χ4v) is 3.41. The van der Waals surface area contributed by atoms with Crippen molar-refractivity contribution in [2.45, 2.75) is 5.75 Å². The quantitative estimate of drug-likeness (QED) is 0.476. The van der Waals surface area contributed by atoms with E-state index in [1.54, 1.807) is 36.0 Å². The maximum Gasteiger partial charge on any atom is 0.244 e. The van der Waals surface area contributed by atoms with Gasteiger partial charge in [-0.3, -0.25) is 4.79 Å². The lowest BCUT2D eigenvalue weighted by Gasteiger charge is -2.05. The van der Waals surface area contributed by atoms with E-state index in [1.165, 1.54) is 6.08 Å². The van der Waals surface area contributed by atoms with E-state index in [0.29, 0.717) is 21.6 Å². The molecule has 0 aliphatic heterocycles. The van der Waals surface area contributed by atoms with Crippen LogP contribution in [0.1, 0.15) is 11.1 Å². The van der Waals surface area contributed by atoms with Gasteiger partial charge in [0.15, 0.2) is 0 Å². The largest absolute Gasteiger partial charge is 0.352 e. The zero-order chi connectivity index (χ0) is 17.4. The Hall–Kier alpha value is -1.13. The van der Waals surface area contributed by atoms with Crippen LogP contribution in [-0.2, 0) is 10.5 Å². The summed E-state index contributed by atoms with van der Waals surface area (Å²) in [6, 6.07) is 12.8. The van der Waals surface area contributed by atoms with Crippen LogP contribution in [0.15, 0.2) is 48.5 Å². The summed E-state index contributed by atoms with van der Waals surface area (Å²) in [5, 5.41) is 4.83. The van der Waals surface area contributed by atoms with Crippen LogP contribution in [0.5, 0.6) is 0 Å². The number of amides is 1. The van der Waals surface area contributed by atoms with Gasteiger partial charge in [0.2, 0.25) is 5.91 Å². The SMILES string of the molecule is O=C(/C=C/c1ccc(Cl)cc1)NCCSCc1ccc(Cl)cc1Cl. The molecule has 0 heterocycles. The molecule has 2 rings (SSSR count). The van der Waals surface area contributed by atoms with Crippen molar-refractivity contribution in [1.82, 2.24) is 5.32 Å².